The fourth-order valence-electron chi connectivity index (χ4n) is 0. The first-order chi connectivity index (χ1) is 0. The molecule has 0 bridgehead atoms. The monoisotopic (exact) mass is 320 g/mol. The van der Waals surface area contributed by atoms with Crippen molar-refractivity contribution in [3.8, 4) is 0 Å². The van der Waals surface area contributed by atoms with Gasteiger partial charge in [-0.3, -0.25) is 9.41 Å². The maximum absolute atomic E-state index is 0. The summed E-state index contributed by atoms with van der Waals surface area (Å²) in [5.74, 6) is 0. The van der Waals surface area contributed by atoms with Crippen LogP contribution >= 0.6 is 0 Å². The molecule has 0 spiro atoms. The third kappa shape index (κ3) is 8.90. The largest absolute Gasteiger partial charge is 0 e. The summed E-state index contributed by atoms with van der Waals surface area (Å²) < 4.78 is 0. The third-order valence-electron chi connectivity index (χ3n) is 0. The molecule has 0 saturated heterocycles. The molecular weight excluding hydrogens is 316 g/mol. The van der Waals surface area contributed by atoms with E-state index in [1.165, 1.54) is 0 Å². The number of rotatable bonds is 0. The SMILES string of the molecule is F.F.[CaH2].[U]. The van der Waals surface area contributed by atoms with Gasteiger partial charge in [0.15, 0.2) is 0 Å². The van der Waals surface area contributed by atoms with Crippen LogP contribution in [0, 0.1) is 31.1 Å². The van der Waals surface area contributed by atoms with Gasteiger partial charge in [0.2, 0.25) is 0 Å². The molecule has 0 aromatic rings. The van der Waals surface area contributed by atoms with E-state index in [4.69, 9.17) is 0 Å². The minimum atomic E-state index is 0. The van der Waals surface area contributed by atoms with Crippen LogP contribution in [0.2, 0.25) is 0 Å². The van der Waals surface area contributed by atoms with E-state index in [1.54, 1.807) is 0 Å². The van der Waals surface area contributed by atoms with Gasteiger partial charge in [0.05, 0.1) is 0 Å². The predicted molar refractivity (Wildman–Crippen MR) is 13.5 cm³/mol. The molecular formula is H4CaF2U. The third-order valence-corrected chi connectivity index (χ3v) is 0. The normalized spacial score (nSPS) is 0. The van der Waals surface area contributed by atoms with Crippen LogP contribution < -0.4 is 0 Å². The van der Waals surface area contributed by atoms with Gasteiger partial charge in [0.1, 0.15) is 0 Å². The smallest absolute Gasteiger partial charge is 0 e. The summed E-state index contributed by atoms with van der Waals surface area (Å²) in [6.45, 7) is 0. The van der Waals surface area contributed by atoms with Crippen molar-refractivity contribution in [3.63, 3.8) is 0 Å². The summed E-state index contributed by atoms with van der Waals surface area (Å²) in [5.41, 5.74) is 0. The molecule has 0 amide bonds. The molecule has 0 saturated carbocycles. The molecule has 0 atom stereocenters. The molecule has 0 aliphatic rings. The van der Waals surface area contributed by atoms with Gasteiger partial charge >= 0.3 is 37.7 Å². The first kappa shape index (κ1) is 35.0. The predicted octanol–water partition coefficient (Wildman–Crippen LogP) is -0.611. The molecule has 0 aromatic carbocycles. The number of halogens is 2. The number of hydrogen-bond donors (Lipinski definition) is 0. The maximum Gasteiger partial charge on any atom is 0 e. The minimum Gasteiger partial charge on any atom is 0 e. The van der Waals surface area contributed by atoms with E-state index in [1.807, 2.05) is 0 Å². The van der Waals surface area contributed by atoms with Crippen LogP contribution in [0.4, 0.5) is 9.41 Å². The van der Waals surface area contributed by atoms with Crippen LogP contribution in [0.15, 0.2) is 0 Å². The van der Waals surface area contributed by atoms with Crippen LogP contribution in [0.25, 0.3) is 0 Å². The van der Waals surface area contributed by atoms with Crippen molar-refractivity contribution in [2.24, 2.45) is 0 Å². The summed E-state index contributed by atoms with van der Waals surface area (Å²) in [4.78, 5) is 0. The van der Waals surface area contributed by atoms with E-state index >= 15 is 0 Å². The average molecular weight is 320 g/mol. The van der Waals surface area contributed by atoms with Crippen molar-refractivity contribution in [3.05, 3.63) is 0 Å². The first-order valence-corrected chi connectivity index (χ1v) is 0. The van der Waals surface area contributed by atoms with Crippen LogP contribution in [0.3, 0.4) is 0 Å². The Labute approximate surface area is 76.8 Å². The van der Waals surface area contributed by atoms with Crippen molar-refractivity contribution in [1.29, 1.82) is 0 Å². The summed E-state index contributed by atoms with van der Waals surface area (Å²) in [6.07, 6.45) is 0. The second-order valence-corrected chi connectivity index (χ2v) is 0. The van der Waals surface area contributed by atoms with E-state index in [0.29, 0.717) is 0 Å². The standard InChI is InChI=1S/Ca.2FH.U.2H/h;2*1H;;;. The molecule has 0 fully saturated rings. The Morgan fingerprint density at radius 2 is 0.750 bits per heavy atom. The Bertz CT molecular complexity index is 6.00. The molecule has 0 aliphatic carbocycles. The van der Waals surface area contributed by atoms with Crippen LogP contribution in [0.1, 0.15) is 0 Å². The molecule has 0 unspecified atom stereocenters. The minimum absolute atomic E-state index is 0. The van der Waals surface area contributed by atoms with E-state index in [2.05, 4.69) is 0 Å². The Balaban J connectivity index is 0. The second-order valence-electron chi connectivity index (χ2n) is 0. The Morgan fingerprint density at radius 1 is 0.750 bits per heavy atom. The molecule has 0 N–H and O–H groups in total. The van der Waals surface area contributed by atoms with E-state index < -0.39 is 0 Å². The zero-order chi connectivity index (χ0) is 0. The molecule has 24 valence electrons. The fourth-order valence-corrected chi connectivity index (χ4v) is 0. The zero-order valence-corrected chi connectivity index (χ0v) is 5.48. The second kappa shape index (κ2) is 19.1. The summed E-state index contributed by atoms with van der Waals surface area (Å²) in [5, 5.41) is 0. The van der Waals surface area contributed by atoms with Crippen LogP contribution in [-0.4, -0.2) is 37.7 Å². The van der Waals surface area contributed by atoms with Gasteiger partial charge in [-0.2, -0.15) is 0 Å². The molecule has 0 heterocycles. The summed E-state index contributed by atoms with van der Waals surface area (Å²) in [6, 6.07) is 0. The van der Waals surface area contributed by atoms with E-state index in [0.717, 1.165) is 0 Å². The quantitative estimate of drug-likeness (QED) is 0.523. The molecule has 0 aliphatic heterocycles. The molecule has 0 rings (SSSR count). The van der Waals surface area contributed by atoms with Crippen LogP contribution in [0.5, 0.6) is 0 Å². The topological polar surface area (TPSA) is 0 Å². The van der Waals surface area contributed by atoms with Gasteiger partial charge in [-0.25, -0.2) is 0 Å². The average Bonchev–Trinajstić information content (AvgIpc) is 0. The van der Waals surface area contributed by atoms with Gasteiger partial charge < -0.3 is 0 Å². The van der Waals surface area contributed by atoms with Crippen molar-refractivity contribution < 1.29 is 40.5 Å². The van der Waals surface area contributed by atoms with Gasteiger partial charge in [-0.1, -0.05) is 0 Å². The number of hydrogen-bond acceptors (Lipinski definition) is 0. The maximum atomic E-state index is 0. The molecule has 4 heavy (non-hydrogen) atoms. The summed E-state index contributed by atoms with van der Waals surface area (Å²) in [7, 11) is 0. The van der Waals surface area contributed by atoms with Gasteiger partial charge in [-0.05, 0) is 0 Å². The molecule has 0 aromatic heterocycles. The van der Waals surface area contributed by atoms with E-state index in [9.17, 15) is 0 Å². The Kier molecular flexibility index (Phi) is 167. The van der Waals surface area contributed by atoms with Crippen LogP contribution in [-0.2, 0) is 0 Å². The van der Waals surface area contributed by atoms with Crippen molar-refractivity contribution >= 4 is 37.7 Å². The molecule has 0 radical (unpaired) electrons. The summed E-state index contributed by atoms with van der Waals surface area (Å²) >= 11 is 0. The van der Waals surface area contributed by atoms with Crippen molar-refractivity contribution in [2.75, 3.05) is 0 Å². The van der Waals surface area contributed by atoms with Crippen molar-refractivity contribution in [1.82, 2.24) is 0 Å². The van der Waals surface area contributed by atoms with E-state index in [-0.39, 0.29) is 78.3 Å². The van der Waals surface area contributed by atoms with Gasteiger partial charge in [0.25, 0.3) is 0 Å². The molecule has 0 nitrogen and oxygen atoms in total. The Morgan fingerprint density at radius 3 is 0.750 bits per heavy atom. The van der Waals surface area contributed by atoms with Gasteiger partial charge in [0, 0.05) is 31.1 Å². The Hall–Kier alpha value is 2.17. The fraction of sp³-hybridized carbons (Fsp3) is 0. The van der Waals surface area contributed by atoms with Crippen molar-refractivity contribution in [2.45, 2.75) is 0 Å². The zero-order valence-electron chi connectivity index (χ0n) is 1.32. The first-order valence-electron chi connectivity index (χ1n) is 0. The van der Waals surface area contributed by atoms with Gasteiger partial charge in [-0.15, -0.1) is 0 Å². The molecule has 4 heteroatoms.